The molecule has 1 atom stereocenters. The smallest absolute Gasteiger partial charge is 0.243 e. The van der Waals surface area contributed by atoms with Crippen molar-refractivity contribution in [2.75, 3.05) is 32.7 Å². The molecular formula is C23H30ClN3O3S. The highest BCUT2D eigenvalue weighted by Crippen LogP contribution is 2.22. The van der Waals surface area contributed by atoms with Crippen LogP contribution >= 0.6 is 11.6 Å². The van der Waals surface area contributed by atoms with Crippen LogP contribution in [0.4, 0.5) is 0 Å². The summed E-state index contributed by atoms with van der Waals surface area (Å²) >= 11 is 6.20. The van der Waals surface area contributed by atoms with Crippen molar-refractivity contribution in [3.8, 4) is 0 Å². The molecule has 0 spiro atoms. The van der Waals surface area contributed by atoms with E-state index < -0.39 is 10.0 Å². The van der Waals surface area contributed by atoms with E-state index in [1.165, 1.54) is 4.31 Å². The molecule has 1 aliphatic heterocycles. The number of piperazine rings is 1. The molecule has 1 amide bonds. The maximum absolute atomic E-state index is 12.9. The van der Waals surface area contributed by atoms with Crippen LogP contribution in [0.3, 0.4) is 0 Å². The number of benzene rings is 2. The second kappa shape index (κ2) is 10.6. The van der Waals surface area contributed by atoms with Gasteiger partial charge in [0.05, 0.1) is 17.5 Å². The van der Waals surface area contributed by atoms with Gasteiger partial charge in [-0.1, -0.05) is 55.3 Å². The van der Waals surface area contributed by atoms with Gasteiger partial charge in [0, 0.05) is 31.2 Å². The van der Waals surface area contributed by atoms with Crippen molar-refractivity contribution in [3.63, 3.8) is 0 Å². The zero-order valence-corrected chi connectivity index (χ0v) is 19.6. The van der Waals surface area contributed by atoms with Crippen LogP contribution in [0.1, 0.15) is 37.4 Å². The number of carbonyl (C=O) groups is 1. The molecular weight excluding hydrogens is 434 g/mol. The van der Waals surface area contributed by atoms with Crippen LogP contribution < -0.4 is 5.32 Å². The molecule has 0 aliphatic carbocycles. The van der Waals surface area contributed by atoms with Crippen molar-refractivity contribution in [2.24, 2.45) is 0 Å². The average molecular weight is 464 g/mol. The van der Waals surface area contributed by atoms with Crippen molar-refractivity contribution in [1.82, 2.24) is 14.5 Å². The summed E-state index contributed by atoms with van der Waals surface area (Å²) < 4.78 is 27.4. The fourth-order valence-corrected chi connectivity index (χ4v) is 5.51. The highest BCUT2D eigenvalue weighted by atomic mass is 35.5. The number of nitrogens with one attached hydrogen (secondary N) is 1. The number of rotatable bonds is 8. The third-order valence-corrected chi connectivity index (χ3v) is 7.80. The Morgan fingerprint density at radius 3 is 2.32 bits per heavy atom. The third-order valence-electron chi connectivity index (χ3n) is 5.55. The van der Waals surface area contributed by atoms with Gasteiger partial charge in [0.15, 0.2) is 0 Å². The first kappa shape index (κ1) is 23.7. The number of carbonyl (C=O) groups excluding carboxylic acids is 1. The first-order valence-electron chi connectivity index (χ1n) is 10.7. The van der Waals surface area contributed by atoms with Crippen LogP contribution in [0, 0.1) is 0 Å². The summed E-state index contributed by atoms with van der Waals surface area (Å²) in [6.07, 6.45) is 1.97. The van der Waals surface area contributed by atoms with E-state index in [4.69, 9.17) is 11.6 Å². The number of nitrogens with zero attached hydrogens (tertiary/aromatic N) is 2. The number of sulfonamides is 1. The minimum Gasteiger partial charge on any atom is -0.348 e. The van der Waals surface area contributed by atoms with E-state index in [0.717, 1.165) is 24.0 Å². The molecule has 0 bridgehead atoms. The number of halogens is 1. The van der Waals surface area contributed by atoms with Crippen molar-refractivity contribution in [1.29, 1.82) is 0 Å². The van der Waals surface area contributed by atoms with Crippen molar-refractivity contribution in [2.45, 2.75) is 37.6 Å². The topological polar surface area (TPSA) is 69.7 Å². The van der Waals surface area contributed by atoms with Gasteiger partial charge in [-0.2, -0.15) is 4.31 Å². The second-order valence-corrected chi connectivity index (χ2v) is 10.2. The Labute approximate surface area is 190 Å². The number of aryl methyl sites for hydroxylation is 1. The van der Waals surface area contributed by atoms with Crippen LogP contribution in [-0.2, 0) is 21.2 Å². The first-order valence-corrected chi connectivity index (χ1v) is 12.5. The number of hydrogen-bond acceptors (Lipinski definition) is 4. The molecule has 2 aromatic carbocycles. The predicted octanol–water partition coefficient (Wildman–Crippen LogP) is 3.48. The van der Waals surface area contributed by atoms with Crippen LogP contribution in [0.2, 0.25) is 5.02 Å². The van der Waals surface area contributed by atoms with E-state index >= 15 is 0 Å². The maximum Gasteiger partial charge on any atom is 0.243 e. The third kappa shape index (κ3) is 6.07. The lowest BCUT2D eigenvalue weighted by Gasteiger charge is -2.33. The SMILES string of the molecule is CCCc1ccc(S(=O)(=O)N2CCN(CC(=O)N[C@@H](C)c3ccccc3Cl)CC2)cc1. The van der Waals surface area contributed by atoms with Crippen molar-refractivity contribution >= 4 is 27.5 Å². The van der Waals surface area contributed by atoms with Gasteiger partial charge in [0.2, 0.25) is 15.9 Å². The summed E-state index contributed by atoms with van der Waals surface area (Å²) in [5, 5.41) is 3.59. The van der Waals surface area contributed by atoms with Gasteiger partial charge in [-0.25, -0.2) is 8.42 Å². The molecule has 1 fully saturated rings. The minimum absolute atomic E-state index is 0.102. The standard InChI is InChI=1S/C23H30ClN3O3S/c1-3-6-19-9-11-20(12-10-19)31(29,30)27-15-13-26(14-16-27)17-23(28)25-18(2)21-7-4-5-8-22(21)24/h4-5,7-12,18H,3,6,13-17H2,1-2H3,(H,25,28)/t18-/m0/s1. The maximum atomic E-state index is 12.9. The van der Waals surface area contributed by atoms with Crippen LogP contribution in [0.15, 0.2) is 53.4 Å². The number of hydrogen-bond donors (Lipinski definition) is 1. The molecule has 0 aromatic heterocycles. The van der Waals surface area contributed by atoms with E-state index in [2.05, 4.69) is 12.2 Å². The Hall–Kier alpha value is -1.93. The highest BCUT2D eigenvalue weighted by molar-refractivity contribution is 7.89. The van der Waals surface area contributed by atoms with E-state index in [-0.39, 0.29) is 18.5 Å². The van der Waals surface area contributed by atoms with Gasteiger partial charge >= 0.3 is 0 Å². The molecule has 1 aliphatic rings. The summed E-state index contributed by atoms with van der Waals surface area (Å²) in [6.45, 7) is 5.99. The molecule has 168 valence electrons. The molecule has 1 N–H and O–H groups in total. The predicted molar refractivity (Wildman–Crippen MR) is 124 cm³/mol. The molecule has 2 aromatic rings. The zero-order valence-electron chi connectivity index (χ0n) is 18.1. The number of amides is 1. The van der Waals surface area contributed by atoms with Gasteiger partial charge in [0.1, 0.15) is 0 Å². The average Bonchev–Trinajstić information content (AvgIpc) is 2.75. The zero-order chi connectivity index (χ0) is 22.4. The fourth-order valence-electron chi connectivity index (χ4n) is 3.79. The molecule has 3 rings (SSSR count). The fraction of sp³-hybridized carbons (Fsp3) is 0.435. The van der Waals surface area contributed by atoms with E-state index in [1.807, 2.05) is 42.2 Å². The Morgan fingerprint density at radius 1 is 1.06 bits per heavy atom. The summed E-state index contributed by atoms with van der Waals surface area (Å²) in [6, 6.07) is 14.4. The molecule has 0 radical (unpaired) electrons. The van der Waals surface area contributed by atoms with E-state index in [1.54, 1.807) is 18.2 Å². The van der Waals surface area contributed by atoms with Gasteiger partial charge in [-0.3, -0.25) is 9.69 Å². The highest BCUT2D eigenvalue weighted by Gasteiger charge is 2.29. The van der Waals surface area contributed by atoms with Gasteiger partial charge in [-0.05, 0) is 42.7 Å². The van der Waals surface area contributed by atoms with Crippen LogP contribution in [0.25, 0.3) is 0 Å². The van der Waals surface area contributed by atoms with Gasteiger partial charge in [0.25, 0.3) is 0 Å². The molecule has 31 heavy (non-hydrogen) atoms. The van der Waals surface area contributed by atoms with Crippen molar-refractivity contribution < 1.29 is 13.2 Å². The van der Waals surface area contributed by atoms with Crippen LogP contribution in [-0.4, -0.2) is 56.3 Å². The largest absolute Gasteiger partial charge is 0.348 e. The summed E-state index contributed by atoms with van der Waals surface area (Å²) in [5.74, 6) is -0.102. The van der Waals surface area contributed by atoms with E-state index in [9.17, 15) is 13.2 Å². The molecule has 1 heterocycles. The second-order valence-electron chi connectivity index (χ2n) is 7.88. The first-order chi connectivity index (χ1) is 14.8. The Balaban J connectivity index is 1.52. The monoisotopic (exact) mass is 463 g/mol. The molecule has 6 nitrogen and oxygen atoms in total. The lowest BCUT2D eigenvalue weighted by Crippen LogP contribution is -2.51. The molecule has 8 heteroatoms. The minimum atomic E-state index is -3.51. The Kier molecular flexibility index (Phi) is 8.11. The lowest BCUT2D eigenvalue weighted by atomic mass is 10.1. The van der Waals surface area contributed by atoms with Gasteiger partial charge in [-0.15, -0.1) is 0 Å². The molecule has 1 saturated heterocycles. The van der Waals surface area contributed by atoms with E-state index in [0.29, 0.717) is 36.1 Å². The lowest BCUT2D eigenvalue weighted by molar-refractivity contribution is -0.123. The Bertz CT molecular complexity index is 987. The molecule has 0 saturated carbocycles. The quantitative estimate of drug-likeness (QED) is 0.650. The molecule has 0 unspecified atom stereocenters. The van der Waals surface area contributed by atoms with Gasteiger partial charge < -0.3 is 5.32 Å². The van der Waals surface area contributed by atoms with Crippen molar-refractivity contribution in [3.05, 3.63) is 64.7 Å². The summed E-state index contributed by atoms with van der Waals surface area (Å²) in [7, 11) is -3.51. The normalized spacial score (nSPS) is 16.7. The summed E-state index contributed by atoms with van der Waals surface area (Å²) in [4.78, 5) is 14.8. The summed E-state index contributed by atoms with van der Waals surface area (Å²) in [5.41, 5.74) is 2.02. The van der Waals surface area contributed by atoms with Crippen LogP contribution in [0.5, 0.6) is 0 Å². The Morgan fingerprint density at radius 2 is 1.71 bits per heavy atom.